The summed E-state index contributed by atoms with van der Waals surface area (Å²) >= 11 is 6.19. The van der Waals surface area contributed by atoms with Gasteiger partial charge in [-0.3, -0.25) is 0 Å². The van der Waals surface area contributed by atoms with Crippen LogP contribution < -0.4 is 4.90 Å². The molecule has 2 aromatic heterocycles. The molecule has 2 aromatic carbocycles. The Hall–Kier alpha value is -2.89. The molecule has 1 N–H and O–H groups in total. The summed E-state index contributed by atoms with van der Waals surface area (Å²) in [5.74, 6) is 1.39. The van der Waals surface area contributed by atoms with E-state index in [9.17, 15) is 5.11 Å². The van der Waals surface area contributed by atoms with Gasteiger partial charge in [0.25, 0.3) is 0 Å². The monoisotopic (exact) mass is 444 g/mol. The van der Waals surface area contributed by atoms with Crippen LogP contribution in [0.1, 0.15) is 37.3 Å². The number of aliphatic hydroxyl groups excluding tert-OH is 1. The fraction of sp³-hybridized carbons (Fsp3) is 0.308. The van der Waals surface area contributed by atoms with Crippen LogP contribution in [0.5, 0.6) is 0 Å². The number of aromatic nitrogens is 3. The van der Waals surface area contributed by atoms with Gasteiger partial charge in [0.2, 0.25) is 0 Å². The third-order valence-electron chi connectivity index (χ3n) is 6.65. The number of hydrogen-bond donors (Lipinski definition) is 1. The molecule has 1 aliphatic heterocycles. The Morgan fingerprint density at radius 2 is 1.75 bits per heavy atom. The number of aliphatic hydroxyl groups is 1. The van der Waals surface area contributed by atoms with Crippen LogP contribution in [0.25, 0.3) is 28.0 Å². The number of hydrogen-bond acceptors (Lipinski definition) is 4. The predicted molar refractivity (Wildman–Crippen MR) is 128 cm³/mol. The van der Waals surface area contributed by atoms with Crippen molar-refractivity contribution in [3.8, 4) is 22.4 Å². The minimum atomic E-state index is 0.110. The second-order valence-corrected chi connectivity index (χ2v) is 9.25. The lowest BCUT2D eigenvalue weighted by molar-refractivity contribution is 0.266. The van der Waals surface area contributed by atoms with E-state index in [1.165, 1.54) is 0 Å². The largest absolute Gasteiger partial charge is 0.394 e. The van der Waals surface area contributed by atoms with Crippen molar-refractivity contribution in [2.24, 2.45) is 0 Å². The van der Waals surface area contributed by atoms with Crippen LogP contribution >= 0.6 is 11.6 Å². The van der Waals surface area contributed by atoms with Crippen LogP contribution in [0.15, 0.2) is 60.7 Å². The van der Waals surface area contributed by atoms with Crippen molar-refractivity contribution in [3.05, 3.63) is 71.4 Å². The summed E-state index contributed by atoms with van der Waals surface area (Å²) in [5.41, 5.74) is 6.31. The second kappa shape index (κ2) is 7.91. The van der Waals surface area contributed by atoms with E-state index in [1.54, 1.807) is 0 Å². The molecule has 2 fully saturated rings. The molecule has 2 aliphatic rings. The zero-order valence-corrected chi connectivity index (χ0v) is 18.5. The third-order valence-corrected chi connectivity index (χ3v) is 6.90. The lowest BCUT2D eigenvalue weighted by Crippen LogP contribution is -2.32. The number of fused-ring (bicyclic) bond motifs is 1. The number of nitrogens with zero attached hydrogens (tertiary/aromatic N) is 4. The van der Waals surface area contributed by atoms with Crippen LogP contribution in [0.3, 0.4) is 0 Å². The SMILES string of the molecule is OC[C@@H]1CCCN1c1cc(-c2ccccc2)n2nc(C3CC3)c(-c3ccc(Cl)cc3)c2n1. The Morgan fingerprint density at radius 1 is 0.969 bits per heavy atom. The fourth-order valence-corrected chi connectivity index (χ4v) is 4.97. The van der Waals surface area contributed by atoms with Gasteiger partial charge in [-0.25, -0.2) is 9.50 Å². The summed E-state index contributed by atoms with van der Waals surface area (Å²) in [5, 5.41) is 15.8. The molecule has 1 saturated heterocycles. The average Bonchev–Trinajstić information content (AvgIpc) is 3.44. The predicted octanol–water partition coefficient (Wildman–Crippen LogP) is 5.56. The highest BCUT2D eigenvalue weighted by molar-refractivity contribution is 6.30. The molecule has 6 rings (SSSR count). The Labute approximate surface area is 192 Å². The highest BCUT2D eigenvalue weighted by Gasteiger charge is 2.33. The molecule has 5 nitrogen and oxygen atoms in total. The smallest absolute Gasteiger partial charge is 0.166 e. The van der Waals surface area contributed by atoms with Crippen LogP contribution in [0, 0.1) is 0 Å². The number of rotatable bonds is 5. The van der Waals surface area contributed by atoms with Crippen molar-refractivity contribution < 1.29 is 5.11 Å². The standard InChI is InChI=1S/C26H25ClN4O/c27-20-12-10-18(11-13-20)24-25(19-8-9-19)29-31-22(17-5-2-1-3-6-17)15-23(28-26(24)31)30-14-4-7-21(30)16-32/h1-3,5-6,10-13,15,19,21,32H,4,7-9,14,16H2/t21-/m0/s1. The van der Waals surface area contributed by atoms with Gasteiger partial charge in [-0.05, 0) is 43.4 Å². The molecule has 0 amide bonds. The lowest BCUT2D eigenvalue weighted by atomic mass is 10.0. The molecule has 1 saturated carbocycles. The molecule has 3 heterocycles. The summed E-state index contributed by atoms with van der Waals surface area (Å²) in [6.45, 7) is 1.05. The Balaban J connectivity index is 1.64. The first-order valence-corrected chi connectivity index (χ1v) is 11.7. The number of benzene rings is 2. The average molecular weight is 445 g/mol. The van der Waals surface area contributed by atoms with E-state index < -0.39 is 0 Å². The molecule has 0 unspecified atom stereocenters. The molecule has 32 heavy (non-hydrogen) atoms. The van der Waals surface area contributed by atoms with Gasteiger partial charge >= 0.3 is 0 Å². The maximum Gasteiger partial charge on any atom is 0.166 e. The molecule has 4 aromatic rings. The van der Waals surface area contributed by atoms with Gasteiger partial charge in [-0.15, -0.1) is 0 Å². The third kappa shape index (κ3) is 3.37. The molecular weight excluding hydrogens is 420 g/mol. The first-order valence-electron chi connectivity index (χ1n) is 11.4. The van der Waals surface area contributed by atoms with E-state index in [1.807, 2.05) is 22.7 Å². The molecule has 1 atom stereocenters. The second-order valence-electron chi connectivity index (χ2n) is 8.81. The van der Waals surface area contributed by atoms with Crippen LogP contribution in [-0.2, 0) is 0 Å². The van der Waals surface area contributed by atoms with Crippen molar-refractivity contribution in [2.45, 2.75) is 37.6 Å². The molecule has 0 bridgehead atoms. The van der Waals surface area contributed by atoms with E-state index in [0.717, 1.165) is 76.8 Å². The zero-order chi connectivity index (χ0) is 21.7. The Morgan fingerprint density at radius 3 is 2.47 bits per heavy atom. The topological polar surface area (TPSA) is 53.7 Å². The van der Waals surface area contributed by atoms with E-state index in [0.29, 0.717) is 5.92 Å². The number of anilines is 1. The van der Waals surface area contributed by atoms with Crippen molar-refractivity contribution in [1.29, 1.82) is 0 Å². The van der Waals surface area contributed by atoms with E-state index in [4.69, 9.17) is 21.7 Å². The van der Waals surface area contributed by atoms with Crippen molar-refractivity contribution in [1.82, 2.24) is 14.6 Å². The minimum absolute atomic E-state index is 0.110. The van der Waals surface area contributed by atoms with E-state index in [-0.39, 0.29) is 12.6 Å². The quantitative estimate of drug-likeness (QED) is 0.438. The van der Waals surface area contributed by atoms with Crippen LogP contribution in [-0.4, -0.2) is 38.9 Å². The Bertz CT molecular complexity index is 1260. The summed E-state index contributed by atoms with van der Waals surface area (Å²) in [4.78, 5) is 7.41. The highest BCUT2D eigenvalue weighted by atomic mass is 35.5. The summed E-state index contributed by atoms with van der Waals surface area (Å²) in [6, 6.07) is 20.6. The molecule has 6 heteroatoms. The van der Waals surface area contributed by atoms with Crippen molar-refractivity contribution in [3.63, 3.8) is 0 Å². The summed E-state index contributed by atoms with van der Waals surface area (Å²) in [7, 11) is 0. The highest BCUT2D eigenvalue weighted by Crippen LogP contribution is 2.46. The van der Waals surface area contributed by atoms with Gasteiger partial charge in [0, 0.05) is 29.1 Å². The van der Waals surface area contributed by atoms with E-state index in [2.05, 4.69) is 47.4 Å². The van der Waals surface area contributed by atoms with E-state index >= 15 is 0 Å². The maximum atomic E-state index is 9.94. The first kappa shape index (κ1) is 19.8. The molecule has 0 radical (unpaired) electrons. The van der Waals surface area contributed by atoms with Gasteiger partial charge in [0.1, 0.15) is 5.82 Å². The molecular formula is C26H25ClN4O. The van der Waals surface area contributed by atoms with Gasteiger partial charge in [0.15, 0.2) is 5.65 Å². The minimum Gasteiger partial charge on any atom is -0.394 e. The number of halogens is 1. The van der Waals surface area contributed by atoms with Gasteiger partial charge in [0.05, 0.1) is 29.6 Å². The summed E-state index contributed by atoms with van der Waals surface area (Å²) in [6.07, 6.45) is 4.38. The fourth-order valence-electron chi connectivity index (χ4n) is 4.85. The van der Waals surface area contributed by atoms with Gasteiger partial charge < -0.3 is 10.0 Å². The van der Waals surface area contributed by atoms with Gasteiger partial charge in [-0.1, -0.05) is 54.1 Å². The van der Waals surface area contributed by atoms with Crippen molar-refractivity contribution in [2.75, 3.05) is 18.1 Å². The summed E-state index contributed by atoms with van der Waals surface area (Å²) < 4.78 is 2.01. The Kier molecular flexibility index (Phi) is 4.89. The molecule has 0 spiro atoms. The lowest BCUT2D eigenvalue weighted by Gasteiger charge is -2.25. The zero-order valence-electron chi connectivity index (χ0n) is 17.8. The molecule has 162 valence electrons. The van der Waals surface area contributed by atoms with Crippen LogP contribution in [0.4, 0.5) is 5.82 Å². The van der Waals surface area contributed by atoms with Gasteiger partial charge in [-0.2, -0.15) is 5.10 Å². The maximum absolute atomic E-state index is 9.94. The normalized spacial score (nSPS) is 18.6. The molecule has 1 aliphatic carbocycles. The van der Waals surface area contributed by atoms with Crippen molar-refractivity contribution >= 4 is 23.1 Å². The van der Waals surface area contributed by atoms with Crippen LogP contribution in [0.2, 0.25) is 5.02 Å². The first-order chi connectivity index (χ1) is 15.7.